The van der Waals surface area contributed by atoms with E-state index in [2.05, 4.69) is 10.2 Å². The minimum Gasteiger partial charge on any atom is -0.467 e. The maximum Gasteiger partial charge on any atom is 0.330 e. The molecule has 1 saturated heterocycles. The molecule has 0 N–H and O–H groups in total. The third-order valence-corrected chi connectivity index (χ3v) is 4.64. The van der Waals surface area contributed by atoms with E-state index in [9.17, 15) is 14.4 Å². The van der Waals surface area contributed by atoms with Crippen LogP contribution >= 0.6 is 0 Å². The molecular weight excluding hydrogens is 352 g/mol. The second-order valence-corrected chi connectivity index (χ2v) is 6.61. The Kier molecular flexibility index (Phi) is 4.98. The van der Waals surface area contributed by atoms with Crippen LogP contribution in [0.1, 0.15) is 27.6 Å². The standard InChI is InChI=1S/C17H22N6O4/c1-11-7-23(16(25)13-6-19-21(3)9-13)14(17(26)27-4)10-22(11)15(24)12-5-18-20(2)8-12/h5-6,8-9,11,14H,7,10H2,1-4H3. The van der Waals surface area contributed by atoms with Crippen LogP contribution in [0.15, 0.2) is 24.8 Å². The second-order valence-electron chi connectivity index (χ2n) is 6.61. The van der Waals surface area contributed by atoms with E-state index < -0.39 is 12.0 Å². The van der Waals surface area contributed by atoms with Crippen molar-refractivity contribution < 1.29 is 19.1 Å². The van der Waals surface area contributed by atoms with Gasteiger partial charge in [-0.2, -0.15) is 10.2 Å². The first kappa shape index (κ1) is 18.6. The number of carbonyl (C=O) groups is 3. The summed E-state index contributed by atoms with van der Waals surface area (Å²) in [7, 11) is 4.70. The Morgan fingerprint density at radius 2 is 1.48 bits per heavy atom. The number of hydrogen-bond donors (Lipinski definition) is 0. The third kappa shape index (κ3) is 3.55. The van der Waals surface area contributed by atoms with E-state index in [1.165, 1.54) is 33.8 Å². The molecule has 0 bridgehead atoms. The highest BCUT2D eigenvalue weighted by Crippen LogP contribution is 2.21. The molecule has 0 aromatic carbocycles. The maximum absolute atomic E-state index is 12.9. The number of esters is 1. The van der Waals surface area contributed by atoms with Crippen LogP contribution in [0.5, 0.6) is 0 Å². The first-order valence-corrected chi connectivity index (χ1v) is 8.49. The van der Waals surface area contributed by atoms with E-state index in [1.54, 1.807) is 31.4 Å². The molecule has 2 amide bonds. The molecule has 2 atom stereocenters. The summed E-state index contributed by atoms with van der Waals surface area (Å²) in [6, 6.07) is -1.17. The molecule has 1 aliphatic rings. The quantitative estimate of drug-likeness (QED) is 0.683. The van der Waals surface area contributed by atoms with Crippen LogP contribution in [0.3, 0.4) is 0 Å². The van der Waals surface area contributed by atoms with Crippen LogP contribution in [-0.2, 0) is 23.6 Å². The number of nitrogens with zero attached hydrogens (tertiary/aromatic N) is 6. The minimum atomic E-state index is -0.889. The predicted octanol–water partition coefficient (Wildman–Crippen LogP) is -0.318. The second kappa shape index (κ2) is 7.22. The van der Waals surface area contributed by atoms with Crippen molar-refractivity contribution in [2.45, 2.75) is 19.0 Å². The molecule has 10 nitrogen and oxygen atoms in total. The molecule has 3 heterocycles. The predicted molar refractivity (Wildman–Crippen MR) is 93.8 cm³/mol. The Morgan fingerprint density at radius 1 is 0.963 bits per heavy atom. The first-order valence-electron chi connectivity index (χ1n) is 8.49. The van der Waals surface area contributed by atoms with Crippen molar-refractivity contribution in [3.05, 3.63) is 35.9 Å². The van der Waals surface area contributed by atoms with E-state index in [0.29, 0.717) is 11.1 Å². The summed E-state index contributed by atoms with van der Waals surface area (Å²) in [5.41, 5.74) is 0.811. The van der Waals surface area contributed by atoms with Crippen LogP contribution in [-0.4, -0.2) is 79.4 Å². The lowest BCUT2D eigenvalue weighted by Crippen LogP contribution is -2.62. The molecule has 0 saturated carbocycles. The van der Waals surface area contributed by atoms with Crippen molar-refractivity contribution >= 4 is 17.8 Å². The van der Waals surface area contributed by atoms with E-state index >= 15 is 0 Å². The number of hydrogen-bond acceptors (Lipinski definition) is 6. The zero-order valence-corrected chi connectivity index (χ0v) is 15.7. The molecule has 10 heteroatoms. The number of methoxy groups -OCH3 is 1. The van der Waals surface area contributed by atoms with Gasteiger partial charge in [0.25, 0.3) is 11.8 Å². The summed E-state index contributed by atoms with van der Waals surface area (Å²) < 4.78 is 7.94. The molecule has 2 aromatic rings. The first-order chi connectivity index (χ1) is 12.8. The molecule has 0 aliphatic carbocycles. The smallest absolute Gasteiger partial charge is 0.330 e. The summed E-state index contributed by atoms with van der Waals surface area (Å²) in [5, 5.41) is 8.02. The molecule has 144 valence electrons. The lowest BCUT2D eigenvalue weighted by atomic mass is 10.0. The highest BCUT2D eigenvalue weighted by Gasteiger charge is 2.41. The SMILES string of the molecule is COC(=O)C1CN(C(=O)c2cnn(C)c2)C(C)CN1C(=O)c1cnn(C)c1. The number of amides is 2. The molecule has 1 fully saturated rings. The lowest BCUT2D eigenvalue weighted by Gasteiger charge is -2.43. The van der Waals surface area contributed by atoms with Crippen molar-refractivity contribution in [2.75, 3.05) is 20.2 Å². The van der Waals surface area contributed by atoms with Gasteiger partial charge in [-0.05, 0) is 6.92 Å². The van der Waals surface area contributed by atoms with Crippen molar-refractivity contribution in [1.29, 1.82) is 0 Å². The third-order valence-electron chi connectivity index (χ3n) is 4.64. The average Bonchev–Trinajstić information content (AvgIpc) is 3.28. The van der Waals surface area contributed by atoms with E-state index in [-0.39, 0.29) is 30.9 Å². The monoisotopic (exact) mass is 374 g/mol. The van der Waals surface area contributed by atoms with Crippen LogP contribution in [0.25, 0.3) is 0 Å². The summed E-state index contributed by atoms with van der Waals surface area (Å²) in [6.07, 6.45) is 6.15. The fourth-order valence-corrected chi connectivity index (χ4v) is 3.22. The average molecular weight is 374 g/mol. The zero-order chi connectivity index (χ0) is 19.7. The molecule has 27 heavy (non-hydrogen) atoms. The van der Waals surface area contributed by atoms with Gasteiger partial charge < -0.3 is 14.5 Å². The Labute approximate surface area is 156 Å². The van der Waals surface area contributed by atoms with Crippen molar-refractivity contribution in [3.8, 4) is 0 Å². The number of aromatic nitrogens is 4. The maximum atomic E-state index is 12.9. The van der Waals surface area contributed by atoms with Crippen LogP contribution in [0.4, 0.5) is 0 Å². The van der Waals surface area contributed by atoms with Crippen LogP contribution < -0.4 is 0 Å². The van der Waals surface area contributed by atoms with Crippen LogP contribution in [0, 0.1) is 0 Å². The van der Waals surface area contributed by atoms with Gasteiger partial charge in [-0.25, -0.2) is 4.79 Å². The molecule has 0 spiro atoms. The van der Waals surface area contributed by atoms with Gasteiger partial charge in [0.2, 0.25) is 0 Å². The minimum absolute atomic E-state index is 0.0492. The Morgan fingerprint density at radius 3 is 1.93 bits per heavy atom. The normalized spacial score (nSPS) is 19.9. The fraction of sp³-hybridized carbons (Fsp3) is 0.471. The highest BCUT2D eigenvalue weighted by atomic mass is 16.5. The van der Waals surface area contributed by atoms with Gasteiger partial charge in [0.05, 0.1) is 37.2 Å². The van der Waals surface area contributed by atoms with E-state index in [4.69, 9.17) is 4.74 Å². The Hall–Kier alpha value is -3.17. The largest absolute Gasteiger partial charge is 0.467 e. The van der Waals surface area contributed by atoms with Gasteiger partial charge in [-0.1, -0.05) is 0 Å². The Bertz CT molecular complexity index is 872. The summed E-state index contributed by atoms with van der Waals surface area (Å²) in [4.78, 5) is 41.1. The molecular formula is C17H22N6O4. The van der Waals surface area contributed by atoms with Gasteiger partial charge in [-0.15, -0.1) is 0 Å². The van der Waals surface area contributed by atoms with E-state index in [0.717, 1.165) is 0 Å². The van der Waals surface area contributed by atoms with Crippen molar-refractivity contribution in [1.82, 2.24) is 29.4 Å². The number of piperazine rings is 1. The van der Waals surface area contributed by atoms with Crippen molar-refractivity contribution in [3.63, 3.8) is 0 Å². The van der Waals surface area contributed by atoms with Gasteiger partial charge in [0, 0.05) is 39.1 Å². The Balaban J connectivity index is 1.86. The lowest BCUT2D eigenvalue weighted by molar-refractivity contribution is -0.148. The number of aryl methyl sites for hydroxylation is 2. The van der Waals surface area contributed by atoms with Crippen molar-refractivity contribution in [2.24, 2.45) is 14.1 Å². The van der Waals surface area contributed by atoms with Gasteiger partial charge in [0.15, 0.2) is 0 Å². The molecule has 0 radical (unpaired) electrons. The summed E-state index contributed by atoms with van der Waals surface area (Å²) in [5.74, 6) is -1.13. The summed E-state index contributed by atoms with van der Waals surface area (Å²) >= 11 is 0. The fourth-order valence-electron chi connectivity index (χ4n) is 3.22. The number of rotatable bonds is 3. The molecule has 2 unspecified atom stereocenters. The van der Waals surface area contributed by atoms with Gasteiger partial charge in [0.1, 0.15) is 6.04 Å². The topological polar surface area (TPSA) is 103 Å². The zero-order valence-electron chi connectivity index (χ0n) is 15.7. The van der Waals surface area contributed by atoms with E-state index in [1.807, 2.05) is 6.92 Å². The van der Waals surface area contributed by atoms with Gasteiger partial charge >= 0.3 is 5.97 Å². The molecule has 1 aliphatic heterocycles. The molecule has 3 rings (SSSR count). The number of ether oxygens (including phenoxy) is 1. The van der Waals surface area contributed by atoms with Gasteiger partial charge in [-0.3, -0.25) is 19.0 Å². The highest BCUT2D eigenvalue weighted by molar-refractivity contribution is 5.98. The number of carbonyl (C=O) groups excluding carboxylic acids is 3. The molecule has 2 aromatic heterocycles. The van der Waals surface area contributed by atoms with Crippen LogP contribution in [0.2, 0.25) is 0 Å². The summed E-state index contributed by atoms with van der Waals surface area (Å²) in [6.45, 7) is 2.10.